The second-order valence-corrected chi connectivity index (χ2v) is 7.63. The van der Waals surface area contributed by atoms with Crippen molar-refractivity contribution in [3.8, 4) is 5.75 Å². The van der Waals surface area contributed by atoms with E-state index >= 15 is 0 Å². The van der Waals surface area contributed by atoms with Gasteiger partial charge in [-0.15, -0.1) is 0 Å². The fourth-order valence-electron chi connectivity index (χ4n) is 4.32. The van der Waals surface area contributed by atoms with Crippen molar-refractivity contribution in [1.82, 2.24) is 5.32 Å². The summed E-state index contributed by atoms with van der Waals surface area (Å²) in [6.45, 7) is 5.03. The van der Waals surface area contributed by atoms with Crippen molar-refractivity contribution in [3.05, 3.63) is 64.7 Å². The van der Waals surface area contributed by atoms with E-state index in [4.69, 9.17) is 4.74 Å². The van der Waals surface area contributed by atoms with Crippen LogP contribution in [-0.4, -0.2) is 30.4 Å². The maximum atomic E-state index is 10.0. The summed E-state index contributed by atoms with van der Waals surface area (Å²) in [6, 6.07) is 15.7. The molecule has 2 N–H and O–H groups in total. The Balaban J connectivity index is 1.50. The Morgan fingerprint density at radius 3 is 2.32 bits per heavy atom. The zero-order valence-corrected chi connectivity index (χ0v) is 15.0. The Morgan fingerprint density at radius 1 is 1.00 bits per heavy atom. The highest BCUT2D eigenvalue weighted by Gasteiger charge is 2.37. The Bertz CT molecular complexity index is 755. The molecule has 132 valence electrons. The van der Waals surface area contributed by atoms with Gasteiger partial charge in [0.2, 0.25) is 0 Å². The van der Waals surface area contributed by atoms with Gasteiger partial charge in [-0.3, -0.25) is 0 Å². The van der Waals surface area contributed by atoms with Gasteiger partial charge in [0.15, 0.2) is 0 Å². The van der Waals surface area contributed by atoms with Gasteiger partial charge in [0, 0.05) is 24.4 Å². The lowest BCUT2D eigenvalue weighted by atomic mass is 9.64. The van der Waals surface area contributed by atoms with Crippen LogP contribution in [0.1, 0.15) is 60.8 Å². The lowest BCUT2D eigenvalue weighted by Gasteiger charge is -2.40. The summed E-state index contributed by atoms with van der Waals surface area (Å²) in [6.07, 6.45) is 1.98. The predicted octanol–water partition coefficient (Wildman–Crippen LogP) is 3.80. The van der Waals surface area contributed by atoms with Crippen LogP contribution in [0.25, 0.3) is 0 Å². The van der Waals surface area contributed by atoms with E-state index in [0.717, 1.165) is 5.75 Å². The van der Waals surface area contributed by atoms with Crippen LogP contribution >= 0.6 is 0 Å². The highest BCUT2D eigenvalue weighted by Crippen LogP contribution is 2.53. The normalized spacial score (nSPS) is 21.8. The van der Waals surface area contributed by atoms with Gasteiger partial charge in [-0.05, 0) is 47.2 Å². The molecule has 3 atom stereocenters. The molecule has 3 heteroatoms. The fraction of sp³-hybridized carbons (Fsp3) is 0.455. The summed E-state index contributed by atoms with van der Waals surface area (Å²) in [4.78, 5) is 0. The molecule has 2 aromatic rings. The van der Waals surface area contributed by atoms with E-state index in [1.54, 1.807) is 0 Å². The van der Waals surface area contributed by atoms with Crippen molar-refractivity contribution in [3.63, 3.8) is 0 Å². The van der Waals surface area contributed by atoms with Crippen molar-refractivity contribution in [2.75, 3.05) is 13.2 Å². The summed E-state index contributed by atoms with van der Waals surface area (Å²) < 4.78 is 5.87. The van der Waals surface area contributed by atoms with Gasteiger partial charge in [0.05, 0.1) is 0 Å². The largest absolute Gasteiger partial charge is 0.491 e. The molecule has 3 unspecified atom stereocenters. The quantitative estimate of drug-likeness (QED) is 0.842. The SMILES string of the molecule is CC(C)NCC(O)COc1ccc2c(c1)C1CCC2c2ccccc21. The molecule has 3 aliphatic carbocycles. The zero-order chi connectivity index (χ0) is 17.4. The first-order valence-corrected chi connectivity index (χ1v) is 9.40. The minimum absolute atomic E-state index is 0.323. The molecule has 3 nitrogen and oxygen atoms in total. The summed E-state index contributed by atoms with van der Waals surface area (Å²) >= 11 is 0. The maximum absolute atomic E-state index is 10.0. The lowest BCUT2D eigenvalue weighted by molar-refractivity contribution is 0.104. The van der Waals surface area contributed by atoms with E-state index in [2.05, 4.69) is 61.6 Å². The Hall–Kier alpha value is -1.84. The molecule has 2 aromatic carbocycles. The first-order valence-electron chi connectivity index (χ1n) is 9.40. The number of nitrogens with one attached hydrogen (secondary N) is 1. The topological polar surface area (TPSA) is 41.5 Å². The van der Waals surface area contributed by atoms with Gasteiger partial charge in [-0.1, -0.05) is 44.2 Å². The molecule has 25 heavy (non-hydrogen) atoms. The van der Waals surface area contributed by atoms with Gasteiger partial charge in [0.25, 0.3) is 0 Å². The molecule has 0 fully saturated rings. The second kappa shape index (κ2) is 6.81. The summed E-state index contributed by atoms with van der Waals surface area (Å²) in [7, 11) is 0. The number of fused-ring (bicyclic) bond motifs is 1. The van der Waals surface area contributed by atoms with Crippen LogP contribution in [0, 0.1) is 0 Å². The van der Waals surface area contributed by atoms with Gasteiger partial charge in [-0.25, -0.2) is 0 Å². The third-order valence-corrected chi connectivity index (χ3v) is 5.50. The Labute approximate surface area is 150 Å². The monoisotopic (exact) mass is 337 g/mol. The van der Waals surface area contributed by atoms with E-state index in [9.17, 15) is 5.11 Å². The molecule has 0 saturated heterocycles. The number of aliphatic hydroxyl groups excluding tert-OH is 1. The van der Waals surface area contributed by atoms with E-state index < -0.39 is 6.10 Å². The number of rotatable bonds is 6. The van der Waals surface area contributed by atoms with Crippen LogP contribution < -0.4 is 10.1 Å². The summed E-state index contributed by atoms with van der Waals surface area (Å²) in [5, 5.41) is 13.3. The molecule has 0 spiro atoms. The molecular weight excluding hydrogens is 310 g/mol. The fourth-order valence-corrected chi connectivity index (χ4v) is 4.32. The van der Waals surface area contributed by atoms with Crippen molar-refractivity contribution in [2.24, 2.45) is 0 Å². The highest BCUT2D eigenvalue weighted by atomic mass is 16.5. The molecule has 0 amide bonds. The zero-order valence-electron chi connectivity index (χ0n) is 15.0. The first-order chi connectivity index (χ1) is 12.1. The van der Waals surface area contributed by atoms with E-state index in [1.807, 2.05) is 0 Å². The molecule has 0 aromatic heterocycles. The average Bonchev–Trinajstić information content (AvgIpc) is 2.65. The second-order valence-electron chi connectivity index (χ2n) is 7.63. The predicted molar refractivity (Wildman–Crippen MR) is 100 cm³/mol. The molecule has 5 rings (SSSR count). The smallest absolute Gasteiger partial charge is 0.119 e. The van der Waals surface area contributed by atoms with Crippen LogP contribution in [0.2, 0.25) is 0 Å². The van der Waals surface area contributed by atoms with Crippen molar-refractivity contribution >= 4 is 0 Å². The maximum Gasteiger partial charge on any atom is 0.119 e. The summed E-state index contributed by atoms with van der Waals surface area (Å²) in [5.74, 6) is 1.89. The van der Waals surface area contributed by atoms with Crippen LogP contribution in [-0.2, 0) is 0 Å². The summed E-state index contributed by atoms with van der Waals surface area (Å²) in [5.41, 5.74) is 5.88. The molecule has 3 aliphatic rings. The Morgan fingerprint density at radius 2 is 1.64 bits per heavy atom. The minimum Gasteiger partial charge on any atom is -0.491 e. The van der Waals surface area contributed by atoms with Crippen LogP contribution in [0.4, 0.5) is 0 Å². The number of benzene rings is 2. The number of hydrogen-bond donors (Lipinski definition) is 2. The minimum atomic E-state index is -0.490. The van der Waals surface area contributed by atoms with E-state index in [1.165, 1.54) is 35.1 Å². The molecule has 0 saturated carbocycles. The van der Waals surface area contributed by atoms with Crippen molar-refractivity contribution in [1.29, 1.82) is 0 Å². The van der Waals surface area contributed by atoms with Crippen LogP contribution in [0.3, 0.4) is 0 Å². The average molecular weight is 337 g/mol. The van der Waals surface area contributed by atoms with E-state index in [0.29, 0.717) is 31.0 Å². The molecule has 0 heterocycles. The van der Waals surface area contributed by atoms with Gasteiger partial charge in [0.1, 0.15) is 18.5 Å². The van der Waals surface area contributed by atoms with Gasteiger partial charge >= 0.3 is 0 Å². The van der Waals surface area contributed by atoms with Crippen molar-refractivity contribution in [2.45, 2.75) is 50.7 Å². The third-order valence-electron chi connectivity index (χ3n) is 5.50. The lowest BCUT2D eigenvalue weighted by Crippen LogP contribution is -2.35. The van der Waals surface area contributed by atoms with E-state index in [-0.39, 0.29) is 0 Å². The highest BCUT2D eigenvalue weighted by molar-refractivity contribution is 5.56. The molecule has 0 radical (unpaired) electrons. The molecule has 2 bridgehead atoms. The molecule has 0 aliphatic heterocycles. The standard InChI is InChI=1S/C22H27NO2/c1-14(2)23-12-15(24)13-25-16-7-8-20-19-9-10-21(22(20)11-16)18-6-4-3-5-17(18)19/h3-8,11,14-15,19,21,23-24H,9-10,12-13H2,1-2H3. The van der Waals surface area contributed by atoms with Crippen LogP contribution in [0.15, 0.2) is 42.5 Å². The number of ether oxygens (including phenoxy) is 1. The van der Waals surface area contributed by atoms with Crippen LogP contribution in [0.5, 0.6) is 5.75 Å². The first kappa shape index (κ1) is 16.6. The molecular formula is C22H27NO2. The van der Waals surface area contributed by atoms with Gasteiger partial charge < -0.3 is 15.2 Å². The number of hydrogen-bond acceptors (Lipinski definition) is 3. The number of aliphatic hydroxyl groups is 1. The Kier molecular flexibility index (Phi) is 4.53. The third kappa shape index (κ3) is 3.19. The van der Waals surface area contributed by atoms with Gasteiger partial charge in [-0.2, -0.15) is 0 Å². The van der Waals surface area contributed by atoms with Crippen molar-refractivity contribution < 1.29 is 9.84 Å².